The second kappa shape index (κ2) is 15.2. The van der Waals surface area contributed by atoms with Crippen LogP contribution in [0.2, 0.25) is 13.3 Å². The van der Waals surface area contributed by atoms with E-state index in [4.69, 9.17) is 6.58 Å². The Kier molecular flexibility index (Phi) is 13.8. The molecule has 1 aromatic carbocycles. The normalized spacial score (nSPS) is 12.3. The summed E-state index contributed by atoms with van der Waals surface area (Å²) in [4.78, 5) is 0. The summed E-state index contributed by atoms with van der Waals surface area (Å²) in [6, 6.07) is 10.5. The van der Waals surface area contributed by atoms with Crippen molar-refractivity contribution in [3.8, 4) is 11.8 Å². The number of allylic oxidation sites excluding steroid dienone is 1. The van der Waals surface area contributed by atoms with E-state index in [0.29, 0.717) is 5.92 Å². The summed E-state index contributed by atoms with van der Waals surface area (Å²) in [5.41, 5.74) is 1.15. The van der Waals surface area contributed by atoms with Gasteiger partial charge in [-0.15, -0.1) is 0 Å². The first-order valence-electron chi connectivity index (χ1n) is 11.9. The Balaban J connectivity index is 3.18. The van der Waals surface area contributed by atoms with Crippen molar-refractivity contribution in [3.05, 3.63) is 46.1 Å². The summed E-state index contributed by atoms with van der Waals surface area (Å²) in [6.45, 7) is 14.2. The van der Waals surface area contributed by atoms with Crippen LogP contribution < -0.4 is 0 Å². The molecule has 0 radical (unpaired) electrons. The first-order chi connectivity index (χ1) is 13.6. The Hall–Kier alpha value is -0.681. The van der Waals surface area contributed by atoms with Crippen LogP contribution in [0, 0.1) is 17.8 Å². The van der Waals surface area contributed by atoms with Gasteiger partial charge in [0.1, 0.15) is 0 Å². The van der Waals surface area contributed by atoms with Crippen LogP contribution in [0.25, 0.3) is 0 Å². The van der Waals surface area contributed by atoms with Gasteiger partial charge in [-0.3, -0.25) is 0 Å². The van der Waals surface area contributed by atoms with Crippen LogP contribution >= 0.6 is 0 Å². The molecule has 0 aliphatic heterocycles. The van der Waals surface area contributed by atoms with Gasteiger partial charge in [0.2, 0.25) is 0 Å². The van der Waals surface area contributed by atoms with Crippen LogP contribution in [-0.2, 0) is 0 Å². The average Bonchev–Trinajstić information content (AvgIpc) is 2.74. The Bertz CT molecular complexity index is 568. The monoisotopic (exact) mass is 488 g/mol. The molecule has 0 N–H and O–H groups in total. The number of rotatable bonds is 14. The van der Waals surface area contributed by atoms with E-state index in [1.165, 1.54) is 71.1 Å². The van der Waals surface area contributed by atoms with Crippen molar-refractivity contribution in [2.24, 2.45) is 5.92 Å². The SMILES string of the molecule is C=[C](C(C#Cc1ccccc1)CCCC)[Sn]([CH2]CCC)([CH2]CCC)[CH2]CCC. The van der Waals surface area contributed by atoms with E-state index in [9.17, 15) is 0 Å². The van der Waals surface area contributed by atoms with E-state index >= 15 is 0 Å². The van der Waals surface area contributed by atoms with Gasteiger partial charge in [0.05, 0.1) is 0 Å². The average molecular weight is 487 g/mol. The van der Waals surface area contributed by atoms with Gasteiger partial charge < -0.3 is 0 Å². The summed E-state index contributed by atoms with van der Waals surface area (Å²) in [5.74, 6) is 7.62. The van der Waals surface area contributed by atoms with Crippen molar-refractivity contribution < 1.29 is 0 Å². The fraction of sp³-hybridized carbons (Fsp3) is 0.630. The summed E-state index contributed by atoms with van der Waals surface area (Å²) in [7, 11) is 0. The molecule has 1 unspecified atom stereocenters. The van der Waals surface area contributed by atoms with Crippen LogP contribution in [0.4, 0.5) is 0 Å². The quantitative estimate of drug-likeness (QED) is 0.182. The van der Waals surface area contributed by atoms with E-state index in [-0.39, 0.29) is 0 Å². The maximum absolute atomic E-state index is 4.84. The Labute approximate surface area is 180 Å². The molecule has 0 saturated heterocycles. The molecule has 156 valence electrons. The van der Waals surface area contributed by atoms with Gasteiger partial charge in [-0.05, 0) is 0 Å². The zero-order valence-corrected chi connectivity index (χ0v) is 22.0. The van der Waals surface area contributed by atoms with Gasteiger partial charge in [0, 0.05) is 0 Å². The predicted molar refractivity (Wildman–Crippen MR) is 130 cm³/mol. The first-order valence-corrected chi connectivity index (χ1v) is 19.4. The molecular weight excluding hydrogens is 443 g/mol. The minimum atomic E-state index is -2.43. The molecule has 1 atom stereocenters. The molecule has 1 aromatic rings. The second-order valence-electron chi connectivity index (χ2n) is 8.45. The van der Waals surface area contributed by atoms with Crippen molar-refractivity contribution in [1.29, 1.82) is 0 Å². The van der Waals surface area contributed by atoms with Crippen LogP contribution in [0.5, 0.6) is 0 Å². The summed E-state index contributed by atoms with van der Waals surface area (Å²) >= 11 is -2.43. The van der Waals surface area contributed by atoms with E-state index in [2.05, 4.69) is 69.9 Å². The molecule has 0 bridgehead atoms. The number of hydrogen-bond donors (Lipinski definition) is 0. The topological polar surface area (TPSA) is 0 Å². The van der Waals surface area contributed by atoms with Crippen molar-refractivity contribution in [3.63, 3.8) is 0 Å². The standard InChI is InChI=1S/C15H17.3C4H9.Sn/c1-3-5-9-14(4-2)12-13-15-10-7-6-8-11-15;3*1-3-4-2;/h6-8,10-11,14H,2-3,5,9H2,1H3;3*1,3-4H2,2H3;. The molecule has 0 aliphatic rings. The molecule has 0 fully saturated rings. The summed E-state index contributed by atoms with van der Waals surface area (Å²) in [6.07, 6.45) is 11.9. The molecule has 1 rings (SSSR count). The first kappa shape index (κ1) is 25.4. The van der Waals surface area contributed by atoms with Crippen molar-refractivity contribution in [1.82, 2.24) is 0 Å². The van der Waals surface area contributed by atoms with Crippen molar-refractivity contribution >= 4 is 18.4 Å². The minimum absolute atomic E-state index is 0.418. The van der Waals surface area contributed by atoms with Crippen molar-refractivity contribution in [2.75, 3.05) is 0 Å². The van der Waals surface area contributed by atoms with E-state index in [0.717, 1.165) is 5.56 Å². The molecule has 0 spiro atoms. The van der Waals surface area contributed by atoms with Crippen LogP contribution in [0.1, 0.15) is 91.0 Å². The fourth-order valence-corrected chi connectivity index (χ4v) is 20.6. The molecule has 0 aromatic heterocycles. The van der Waals surface area contributed by atoms with Gasteiger partial charge in [-0.25, -0.2) is 0 Å². The van der Waals surface area contributed by atoms with Crippen molar-refractivity contribution in [2.45, 2.75) is 98.8 Å². The predicted octanol–water partition coefficient (Wildman–Crippen LogP) is 8.79. The Morgan fingerprint density at radius 3 is 1.79 bits per heavy atom. The molecule has 0 heterocycles. The zero-order valence-electron chi connectivity index (χ0n) is 19.2. The molecule has 0 amide bonds. The third-order valence-corrected chi connectivity index (χ3v) is 22.2. The van der Waals surface area contributed by atoms with Gasteiger partial charge in [0.25, 0.3) is 0 Å². The molecule has 28 heavy (non-hydrogen) atoms. The van der Waals surface area contributed by atoms with Gasteiger partial charge in [-0.1, -0.05) is 0 Å². The summed E-state index contributed by atoms with van der Waals surface area (Å²) < 4.78 is 6.15. The van der Waals surface area contributed by atoms with E-state index < -0.39 is 18.4 Å². The molecule has 0 nitrogen and oxygen atoms in total. The fourth-order valence-electron chi connectivity index (χ4n) is 4.21. The molecular formula is C27H44Sn. The number of unbranched alkanes of at least 4 members (excludes halogenated alkanes) is 4. The zero-order chi connectivity index (χ0) is 20.7. The number of hydrogen-bond acceptors (Lipinski definition) is 0. The van der Waals surface area contributed by atoms with Gasteiger partial charge in [-0.2, -0.15) is 0 Å². The van der Waals surface area contributed by atoms with E-state index in [1.807, 2.05) is 0 Å². The van der Waals surface area contributed by atoms with E-state index in [1.54, 1.807) is 3.59 Å². The van der Waals surface area contributed by atoms with Crippen LogP contribution in [0.15, 0.2) is 40.5 Å². The Morgan fingerprint density at radius 1 is 0.821 bits per heavy atom. The van der Waals surface area contributed by atoms with Gasteiger partial charge >= 0.3 is 181 Å². The third kappa shape index (κ3) is 8.77. The number of benzene rings is 1. The second-order valence-corrected chi connectivity index (χ2v) is 21.9. The van der Waals surface area contributed by atoms with Crippen LogP contribution in [-0.4, -0.2) is 18.4 Å². The summed E-state index contributed by atoms with van der Waals surface area (Å²) in [5, 5.41) is 0. The third-order valence-electron chi connectivity index (χ3n) is 6.14. The molecule has 1 heteroatoms. The van der Waals surface area contributed by atoms with Gasteiger partial charge in [0.15, 0.2) is 0 Å². The Morgan fingerprint density at radius 2 is 1.32 bits per heavy atom. The maximum atomic E-state index is 4.84. The molecule has 0 aliphatic carbocycles. The van der Waals surface area contributed by atoms with Crippen LogP contribution in [0.3, 0.4) is 0 Å². The molecule has 0 saturated carbocycles.